The molecule has 2 heteroatoms. The van der Waals surface area contributed by atoms with Crippen LogP contribution in [0.4, 0.5) is 4.39 Å². The summed E-state index contributed by atoms with van der Waals surface area (Å²) in [6.07, 6.45) is 3.24. The monoisotopic (exact) mass is 279 g/mol. The Labute approximate surface area is 124 Å². The molecule has 0 fully saturated rings. The van der Waals surface area contributed by atoms with Crippen molar-refractivity contribution >= 4 is 0 Å². The fourth-order valence-electron chi connectivity index (χ4n) is 2.67. The van der Waals surface area contributed by atoms with Crippen molar-refractivity contribution in [3.05, 3.63) is 35.6 Å². The third kappa shape index (κ3) is 6.04. The molecule has 0 aliphatic rings. The van der Waals surface area contributed by atoms with Crippen LogP contribution in [0.15, 0.2) is 24.3 Å². The molecular weight excluding hydrogens is 249 g/mol. The first kappa shape index (κ1) is 17.2. The first-order valence-electron chi connectivity index (χ1n) is 7.98. The summed E-state index contributed by atoms with van der Waals surface area (Å²) in [4.78, 5) is 0. The fraction of sp³-hybridized carbons (Fsp3) is 0.667. The van der Waals surface area contributed by atoms with Gasteiger partial charge in [0.15, 0.2) is 0 Å². The molecule has 0 amide bonds. The average Bonchev–Trinajstić information content (AvgIpc) is 2.39. The van der Waals surface area contributed by atoms with Gasteiger partial charge in [0.2, 0.25) is 0 Å². The molecule has 1 N–H and O–H groups in total. The first-order valence-corrected chi connectivity index (χ1v) is 7.98. The van der Waals surface area contributed by atoms with Gasteiger partial charge in [0.1, 0.15) is 5.82 Å². The van der Waals surface area contributed by atoms with Crippen LogP contribution in [0.2, 0.25) is 0 Å². The Morgan fingerprint density at radius 3 is 2.40 bits per heavy atom. The molecule has 0 aromatic heterocycles. The fourth-order valence-corrected chi connectivity index (χ4v) is 2.67. The molecule has 114 valence electrons. The van der Waals surface area contributed by atoms with E-state index < -0.39 is 0 Å². The largest absolute Gasteiger partial charge is 0.316 e. The summed E-state index contributed by atoms with van der Waals surface area (Å²) in [6.45, 7) is 11.0. The second-order valence-corrected chi connectivity index (χ2v) is 6.37. The van der Waals surface area contributed by atoms with E-state index in [1.54, 1.807) is 12.1 Å². The van der Waals surface area contributed by atoms with E-state index in [0.29, 0.717) is 17.8 Å². The van der Waals surface area contributed by atoms with Gasteiger partial charge in [0.25, 0.3) is 0 Å². The number of rotatable bonds is 9. The van der Waals surface area contributed by atoms with Crippen LogP contribution in [0, 0.1) is 23.6 Å². The molecule has 0 heterocycles. The molecule has 0 bridgehead atoms. The maximum Gasteiger partial charge on any atom is 0.126 e. The summed E-state index contributed by atoms with van der Waals surface area (Å²) in [6, 6.07) is 7.18. The molecule has 20 heavy (non-hydrogen) atoms. The summed E-state index contributed by atoms with van der Waals surface area (Å²) >= 11 is 0. The highest BCUT2D eigenvalue weighted by atomic mass is 19.1. The summed E-state index contributed by atoms with van der Waals surface area (Å²) in [5.41, 5.74) is 0.854. The molecule has 2 atom stereocenters. The van der Waals surface area contributed by atoms with Gasteiger partial charge in [-0.2, -0.15) is 0 Å². The van der Waals surface area contributed by atoms with Crippen LogP contribution in [-0.2, 0) is 6.42 Å². The minimum atomic E-state index is -0.0648. The average molecular weight is 279 g/mol. The van der Waals surface area contributed by atoms with Gasteiger partial charge < -0.3 is 5.32 Å². The maximum absolute atomic E-state index is 13.8. The summed E-state index contributed by atoms with van der Waals surface area (Å²) in [5.74, 6) is 1.72. The SMILES string of the molecule is CCCC(C)C(CNCC(C)C)Cc1ccccc1F. The lowest BCUT2D eigenvalue weighted by Gasteiger charge is -2.25. The molecule has 0 radical (unpaired) electrons. The normalized spacial score (nSPS) is 14.5. The van der Waals surface area contributed by atoms with Crippen LogP contribution >= 0.6 is 0 Å². The van der Waals surface area contributed by atoms with Crippen molar-refractivity contribution in [3.63, 3.8) is 0 Å². The van der Waals surface area contributed by atoms with Crippen molar-refractivity contribution in [1.29, 1.82) is 0 Å². The van der Waals surface area contributed by atoms with Gasteiger partial charge in [-0.3, -0.25) is 0 Å². The number of benzene rings is 1. The molecule has 1 aromatic rings. The standard InChI is InChI=1S/C18H30FN/c1-5-8-15(4)17(13-20-12-14(2)3)11-16-9-6-7-10-18(16)19/h6-7,9-10,14-15,17,20H,5,8,11-13H2,1-4H3. The lowest BCUT2D eigenvalue weighted by Crippen LogP contribution is -2.31. The van der Waals surface area contributed by atoms with Gasteiger partial charge in [0, 0.05) is 0 Å². The minimum absolute atomic E-state index is 0.0648. The first-order chi connectivity index (χ1) is 9.54. The van der Waals surface area contributed by atoms with Crippen molar-refractivity contribution < 1.29 is 4.39 Å². The molecule has 1 rings (SSSR count). The third-order valence-corrected chi connectivity index (χ3v) is 3.95. The van der Waals surface area contributed by atoms with E-state index in [-0.39, 0.29) is 5.82 Å². The van der Waals surface area contributed by atoms with E-state index in [2.05, 4.69) is 33.0 Å². The smallest absolute Gasteiger partial charge is 0.126 e. The predicted molar refractivity (Wildman–Crippen MR) is 85.4 cm³/mol. The summed E-state index contributed by atoms with van der Waals surface area (Å²) < 4.78 is 13.8. The van der Waals surface area contributed by atoms with Gasteiger partial charge in [-0.05, 0) is 48.9 Å². The number of nitrogens with one attached hydrogen (secondary N) is 1. The van der Waals surface area contributed by atoms with Gasteiger partial charge in [-0.1, -0.05) is 58.7 Å². The number of halogens is 1. The zero-order valence-corrected chi connectivity index (χ0v) is 13.5. The van der Waals surface area contributed by atoms with Gasteiger partial charge in [-0.15, -0.1) is 0 Å². The van der Waals surface area contributed by atoms with E-state index in [1.165, 1.54) is 12.8 Å². The quantitative estimate of drug-likeness (QED) is 0.693. The second kappa shape index (κ2) is 9.12. The summed E-state index contributed by atoms with van der Waals surface area (Å²) in [7, 11) is 0. The molecule has 0 aliphatic heterocycles. The van der Waals surface area contributed by atoms with E-state index in [0.717, 1.165) is 25.1 Å². The Morgan fingerprint density at radius 1 is 1.10 bits per heavy atom. The Morgan fingerprint density at radius 2 is 1.80 bits per heavy atom. The molecule has 0 aliphatic carbocycles. The molecule has 1 aromatic carbocycles. The zero-order valence-electron chi connectivity index (χ0n) is 13.5. The molecular formula is C18H30FN. The highest BCUT2D eigenvalue weighted by Gasteiger charge is 2.18. The topological polar surface area (TPSA) is 12.0 Å². The van der Waals surface area contributed by atoms with Crippen molar-refractivity contribution in [2.45, 2.75) is 47.0 Å². The Balaban J connectivity index is 2.64. The second-order valence-electron chi connectivity index (χ2n) is 6.37. The Kier molecular flexibility index (Phi) is 7.83. The molecule has 2 unspecified atom stereocenters. The molecule has 0 saturated carbocycles. The Bertz CT molecular complexity index is 375. The maximum atomic E-state index is 13.8. The van der Waals surface area contributed by atoms with Crippen LogP contribution in [0.25, 0.3) is 0 Å². The van der Waals surface area contributed by atoms with Crippen molar-refractivity contribution in [2.75, 3.05) is 13.1 Å². The summed E-state index contributed by atoms with van der Waals surface area (Å²) in [5, 5.41) is 3.54. The highest BCUT2D eigenvalue weighted by Crippen LogP contribution is 2.22. The molecule has 0 spiro atoms. The van der Waals surface area contributed by atoms with Gasteiger partial charge >= 0.3 is 0 Å². The van der Waals surface area contributed by atoms with Gasteiger partial charge in [0.05, 0.1) is 0 Å². The minimum Gasteiger partial charge on any atom is -0.316 e. The number of hydrogen-bond donors (Lipinski definition) is 1. The predicted octanol–water partition coefficient (Wildman–Crippen LogP) is 4.67. The van der Waals surface area contributed by atoms with Crippen LogP contribution in [0.5, 0.6) is 0 Å². The highest BCUT2D eigenvalue weighted by molar-refractivity contribution is 5.18. The van der Waals surface area contributed by atoms with E-state index in [4.69, 9.17) is 0 Å². The van der Waals surface area contributed by atoms with Crippen molar-refractivity contribution in [1.82, 2.24) is 5.32 Å². The van der Waals surface area contributed by atoms with Crippen LogP contribution in [0.1, 0.15) is 46.1 Å². The third-order valence-electron chi connectivity index (χ3n) is 3.95. The van der Waals surface area contributed by atoms with Crippen LogP contribution in [-0.4, -0.2) is 13.1 Å². The lowest BCUT2D eigenvalue weighted by atomic mass is 9.85. The van der Waals surface area contributed by atoms with Crippen molar-refractivity contribution in [3.8, 4) is 0 Å². The van der Waals surface area contributed by atoms with E-state index in [9.17, 15) is 4.39 Å². The van der Waals surface area contributed by atoms with Crippen LogP contribution in [0.3, 0.4) is 0 Å². The molecule has 0 saturated heterocycles. The van der Waals surface area contributed by atoms with Crippen LogP contribution < -0.4 is 5.32 Å². The zero-order chi connectivity index (χ0) is 15.0. The van der Waals surface area contributed by atoms with E-state index in [1.807, 2.05) is 12.1 Å². The van der Waals surface area contributed by atoms with E-state index >= 15 is 0 Å². The Hall–Kier alpha value is -0.890. The van der Waals surface area contributed by atoms with Crippen molar-refractivity contribution in [2.24, 2.45) is 17.8 Å². The molecule has 1 nitrogen and oxygen atoms in total. The van der Waals surface area contributed by atoms with Gasteiger partial charge in [-0.25, -0.2) is 4.39 Å². The number of hydrogen-bond acceptors (Lipinski definition) is 1. The lowest BCUT2D eigenvalue weighted by molar-refractivity contribution is 0.310.